The largest absolute Gasteiger partial charge is 0.319 e. The van der Waals surface area contributed by atoms with Crippen LogP contribution in [0.4, 0.5) is 0 Å². The lowest BCUT2D eigenvalue weighted by molar-refractivity contribution is 0.533. The third kappa shape index (κ3) is 2.17. The lowest BCUT2D eigenvalue weighted by Crippen LogP contribution is -2.19. The van der Waals surface area contributed by atoms with Gasteiger partial charge >= 0.3 is 0 Å². The van der Waals surface area contributed by atoms with Crippen molar-refractivity contribution in [2.24, 2.45) is 0 Å². The Hall–Kier alpha value is -0.350. The van der Waals surface area contributed by atoms with Crippen LogP contribution >= 0.6 is 15.9 Å². The Kier molecular flexibility index (Phi) is 2.93. The second kappa shape index (κ2) is 4.03. The van der Waals surface area contributed by atoms with Gasteiger partial charge in [-0.1, -0.05) is 0 Å². The van der Waals surface area contributed by atoms with Crippen LogP contribution in [-0.2, 0) is 6.54 Å². The fraction of sp³-hybridized carbons (Fsp3) is 0.700. The predicted octanol–water partition coefficient (Wildman–Crippen LogP) is 2.48. The molecule has 1 aliphatic rings. The standard InChI is InChI=1S/C10H16BrN3/c1-7(2)14-9(11)5-13-10(14)6-12-8-3-4-8/h5,7-8,12H,3-4,6H2,1-2H3. The molecule has 1 heterocycles. The third-order valence-corrected chi connectivity index (χ3v) is 3.06. The number of nitrogens with one attached hydrogen (secondary N) is 1. The third-order valence-electron chi connectivity index (χ3n) is 2.47. The predicted molar refractivity (Wildman–Crippen MR) is 60.2 cm³/mol. The number of hydrogen-bond acceptors (Lipinski definition) is 2. The fourth-order valence-corrected chi connectivity index (χ4v) is 2.29. The number of rotatable bonds is 4. The van der Waals surface area contributed by atoms with Crippen molar-refractivity contribution in [2.45, 2.75) is 45.3 Å². The van der Waals surface area contributed by atoms with E-state index >= 15 is 0 Å². The minimum Gasteiger partial charge on any atom is -0.319 e. The number of aromatic nitrogens is 2. The Balaban J connectivity index is 2.06. The van der Waals surface area contributed by atoms with Crippen molar-refractivity contribution < 1.29 is 0 Å². The van der Waals surface area contributed by atoms with E-state index in [0.29, 0.717) is 6.04 Å². The first-order valence-electron chi connectivity index (χ1n) is 5.13. The number of imidazole rings is 1. The summed E-state index contributed by atoms with van der Waals surface area (Å²) in [6, 6.07) is 1.20. The molecule has 3 nitrogen and oxygen atoms in total. The summed E-state index contributed by atoms with van der Waals surface area (Å²) < 4.78 is 3.29. The van der Waals surface area contributed by atoms with Gasteiger partial charge in [-0.05, 0) is 42.6 Å². The first-order chi connectivity index (χ1) is 6.68. The number of hydrogen-bond donors (Lipinski definition) is 1. The fourth-order valence-electron chi connectivity index (χ4n) is 1.57. The number of halogens is 1. The van der Waals surface area contributed by atoms with E-state index in [1.165, 1.54) is 12.8 Å². The van der Waals surface area contributed by atoms with E-state index in [0.717, 1.165) is 23.0 Å². The zero-order chi connectivity index (χ0) is 10.1. The van der Waals surface area contributed by atoms with Crippen LogP contribution in [0.3, 0.4) is 0 Å². The van der Waals surface area contributed by atoms with Gasteiger partial charge in [0.2, 0.25) is 0 Å². The van der Waals surface area contributed by atoms with Gasteiger partial charge in [-0.3, -0.25) is 0 Å². The zero-order valence-electron chi connectivity index (χ0n) is 8.63. The first kappa shape index (κ1) is 10.2. The zero-order valence-corrected chi connectivity index (χ0v) is 10.2. The molecular formula is C10H16BrN3. The van der Waals surface area contributed by atoms with Crippen molar-refractivity contribution in [3.8, 4) is 0 Å². The Morgan fingerprint density at radius 2 is 2.36 bits per heavy atom. The molecule has 0 unspecified atom stereocenters. The molecule has 0 atom stereocenters. The smallest absolute Gasteiger partial charge is 0.123 e. The normalized spacial score (nSPS) is 16.6. The van der Waals surface area contributed by atoms with Gasteiger partial charge in [0.15, 0.2) is 0 Å². The minimum atomic E-state index is 0.461. The first-order valence-corrected chi connectivity index (χ1v) is 5.92. The van der Waals surface area contributed by atoms with E-state index in [-0.39, 0.29) is 0 Å². The maximum absolute atomic E-state index is 4.39. The van der Waals surface area contributed by atoms with Crippen molar-refractivity contribution in [1.82, 2.24) is 14.9 Å². The van der Waals surface area contributed by atoms with E-state index in [2.05, 4.69) is 44.6 Å². The Morgan fingerprint density at radius 1 is 1.64 bits per heavy atom. The highest BCUT2D eigenvalue weighted by atomic mass is 79.9. The van der Waals surface area contributed by atoms with Crippen LogP contribution < -0.4 is 5.32 Å². The Bertz CT molecular complexity index is 315. The molecule has 1 saturated carbocycles. The SMILES string of the molecule is CC(C)n1c(Br)cnc1CNC1CC1. The summed E-state index contributed by atoms with van der Waals surface area (Å²) >= 11 is 3.51. The van der Waals surface area contributed by atoms with Crippen LogP contribution in [0.5, 0.6) is 0 Å². The highest BCUT2D eigenvalue weighted by Crippen LogP contribution is 2.21. The van der Waals surface area contributed by atoms with Crippen LogP contribution in [0, 0.1) is 0 Å². The van der Waals surface area contributed by atoms with Crippen LogP contribution in [0.2, 0.25) is 0 Å². The average Bonchev–Trinajstić information content (AvgIpc) is 2.86. The summed E-state index contributed by atoms with van der Waals surface area (Å²) in [7, 11) is 0. The highest BCUT2D eigenvalue weighted by Gasteiger charge is 2.21. The summed E-state index contributed by atoms with van der Waals surface area (Å²) in [6.07, 6.45) is 4.52. The molecule has 78 valence electrons. The van der Waals surface area contributed by atoms with E-state index in [1.54, 1.807) is 0 Å². The van der Waals surface area contributed by atoms with Crippen LogP contribution in [0.15, 0.2) is 10.8 Å². The molecule has 1 fully saturated rings. The molecule has 0 bridgehead atoms. The molecule has 4 heteroatoms. The Morgan fingerprint density at radius 3 is 2.93 bits per heavy atom. The van der Waals surface area contributed by atoms with E-state index in [4.69, 9.17) is 0 Å². The van der Waals surface area contributed by atoms with Gasteiger partial charge in [0, 0.05) is 12.1 Å². The molecule has 0 amide bonds. The topological polar surface area (TPSA) is 29.9 Å². The monoisotopic (exact) mass is 257 g/mol. The van der Waals surface area contributed by atoms with Crippen molar-refractivity contribution in [1.29, 1.82) is 0 Å². The lowest BCUT2D eigenvalue weighted by Gasteiger charge is -2.13. The Labute approximate surface area is 93.0 Å². The molecule has 1 aromatic heterocycles. The molecule has 1 aliphatic carbocycles. The summed E-state index contributed by atoms with van der Waals surface area (Å²) in [5.74, 6) is 1.12. The molecule has 1 aromatic rings. The average molecular weight is 258 g/mol. The molecule has 1 N–H and O–H groups in total. The van der Waals surface area contributed by atoms with Crippen LogP contribution in [0.1, 0.15) is 38.6 Å². The van der Waals surface area contributed by atoms with Gasteiger partial charge < -0.3 is 9.88 Å². The van der Waals surface area contributed by atoms with Gasteiger partial charge in [0.1, 0.15) is 10.4 Å². The molecule has 2 rings (SSSR count). The molecule has 0 aromatic carbocycles. The van der Waals surface area contributed by atoms with Crippen LogP contribution in [0.25, 0.3) is 0 Å². The second-order valence-electron chi connectivity index (χ2n) is 4.12. The van der Waals surface area contributed by atoms with E-state index in [1.807, 2.05) is 6.20 Å². The molecule has 14 heavy (non-hydrogen) atoms. The summed E-state index contributed by atoms with van der Waals surface area (Å²) in [6.45, 7) is 5.23. The van der Waals surface area contributed by atoms with Crippen LogP contribution in [-0.4, -0.2) is 15.6 Å². The molecule has 0 saturated heterocycles. The van der Waals surface area contributed by atoms with Gasteiger partial charge in [0.25, 0.3) is 0 Å². The summed E-state index contributed by atoms with van der Waals surface area (Å²) in [5, 5.41) is 3.48. The van der Waals surface area contributed by atoms with Gasteiger partial charge in [-0.15, -0.1) is 0 Å². The van der Waals surface area contributed by atoms with Crippen molar-refractivity contribution in [2.75, 3.05) is 0 Å². The molecule has 0 aliphatic heterocycles. The maximum atomic E-state index is 4.39. The quantitative estimate of drug-likeness (QED) is 0.899. The molecular weight excluding hydrogens is 242 g/mol. The summed E-state index contributed by atoms with van der Waals surface area (Å²) in [4.78, 5) is 4.39. The van der Waals surface area contributed by atoms with Gasteiger partial charge in [0.05, 0.1) is 12.7 Å². The van der Waals surface area contributed by atoms with Gasteiger partial charge in [-0.25, -0.2) is 4.98 Å². The van der Waals surface area contributed by atoms with E-state index < -0.39 is 0 Å². The second-order valence-corrected chi connectivity index (χ2v) is 4.93. The van der Waals surface area contributed by atoms with Crippen molar-refractivity contribution in [3.05, 3.63) is 16.6 Å². The summed E-state index contributed by atoms with van der Waals surface area (Å²) in [5.41, 5.74) is 0. The van der Waals surface area contributed by atoms with Gasteiger partial charge in [-0.2, -0.15) is 0 Å². The number of nitrogens with zero attached hydrogens (tertiary/aromatic N) is 2. The molecule has 0 radical (unpaired) electrons. The molecule has 0 spiro atoms. The van der Waals surface area contributed by atoms with Crippen molar-refractivity contribution in [3.63, 3.8) is 0 Å². The highest BCUT2D eigenvalue weighted by molar-refractivity contribution is 9.10. The van der Waals surface area contributed by atoms with E-state index in [9.17, 15) is 0 Å². The lowest BCUT2D eigenvalue weighted by atomic mass is 10.4. The van der Waals surface area contributed by atoms with Crippen molar-refractivity contribution >= 4 is 15.9 Å². The maximum Gasteiger partial charge on any atom is 0.123 e. The minimum absolute atomic E-state index is 0.461.